The van der Waals surface area contributed by atoms with Gasteiger partial charge >= 0.3 is 0 Å². The molecule has 0 bridgehead atoms. The quantitative estimate of drug-likeness (QED) is 0.710. The highest BCUT2D eigenvalue weighted by atomic mass is 32.2. The molecule has 1 N–H and O–H groups in total. The average molecular weight is 311 g/mol. The summed E-state index contributed by atoms with van der Waals surface area (Å²) in [7, 11) is 0. The number of hydrogen-bond acceptors (Lipinski definition) is 4. The van der Waals surface area contributed by atoms with Crippen molar-refractivity contribution in [1.29, 1.82) is 0 Å². The Morgan fingerprint density at radius 3 is 3.00 bits per heavy atom. The number of rotatable bonds is 6. The van der Waals surface area contributed by atoms with Crippen LogP contribution in [0.1, 0.15) is 17.0 Å². The molecule has 1 aromatic carbocycles. The van der Waals surface area contributed by atoms with Gasteiger partial charge in [-0.2, -0.15) is 0 Å². The van der Waals surface area contributed by atoms with Crippen LogP contribution >= 0.6 is 11.8 Å². The number of thioether (sulfide) groups is 1. The van der Waals surface area contributed by atoms with Gasteiger partial charge in [-0.15, -0.1) is 5.10 Å². The highest BCUT2D eigenvalue weighted by Crippen LogP contribution is 2.15. The molecular weight excluding hydrogens is 294 g/mol. The largest absolute Gasteiger partial charge is 0.337 e. The third kappa shape index (κ3) is 3.85. The molecule has 0 unspecified atom stereocenters. The number of aromatic amines is 1. The third-order valence-corrected chi connectivity index (χ3v) is 4.06. The normalized spacial score (nSPS) is 11.3. The van der Waals surface area contributed by atoms with Crippen molar-refractivity contribution in [2.24, 2.45) is 0 Å². The second-order valence-corrected chi connectivity index (χ2v) is 5.90. The van der Waals surface area contributed by atoms with Crippen LogP contribution in [-0.4, -0.2) is 30.5 Å². The van der Waals surface area contributed by atoms with Gasteiger partial charge in [-0.3, -0.25) is 5.10 Å². The number of benzene rings is 1. The molecule has 3 aromatic rings. The van der Waals surface area contributed by atoms with Crippen molar-refractivity contribution in [3.8, 4) is 0 Å². The standard InChI is InChI=1S/C16H17N5S/c1-13-4-2-3-5-14(13)6-7-15-18-16(20-19-15)22-11-10-21-9-8-17-12-21/h2-9,12H,10-11H2,1H3,(H,18,19,20)/b7-6+. The van der Waals surface area contributed by atoms with Crippen molar-refractivity contribution in [3.05, 3.63) is 59.9 Å². The maximum absolute atomic E-state index is 4.46. The van der Waals surface area contributed by atoms with Gasteiger partial charge in [0.1, 0.15) is 5.82 Å². The van der Waals surface area contributed by atoms with Gasteiger partial charge < -0.3 is 4.57 Å². The first kappa shape index (κ1) is 14.6. The molecule has 6 heteroatoms. The summed E-state index contributed by atoms with van der Waals surface area (Å²) in [6, 6.07) is 8.25. The summed E-state index contributed by atoms with van der Waals surface area (Å²) in [4.78, 5) is 8.48. The van der Waals surface area contributed by atoms with Gasteiger partial charge in [0.2, 0.25) is 5.16 Å². The second kappa shape index (κ2) is 7.09. The van der Waals surface area contributed by atoms with E-state index in [1.807, 2.05) is 35.3 Å². The van der Waals surface area contributed by atoms with Crippen molar-refractivity contribution < 1.29 is 0 Å². The fourth-order valence-electron chi connectivity index (χ4n) is 2.00. The van der Waals surface area contributed by atoms with Gasteiger partial charge in [0, 0.05) is 24.7 Å². The lowest BCUT2D eigenvalue weighted by Crippen LogP contribution is -1.96. The molecule has 0 aliphatic heterocycles. The summed E-state index contributed by atoms with van der Waals surface area (Å²) >= 11 is 1.63. The molecule has 0 saturated heterocycles. The summed E-state index contributed by atoms with van der Waals surface area (Å²) < 4.78 is 2.04. The molecule has 0 radical (unpaired) electrons. The zero-order valence-corrected chi connectivity index (χ0v) is 13.1. The van der Waals surface area contributed by atoms with Crippen molar-refractivity contribution in [3.63, 3.8) is 0 Å². The zero-order valence-electron chi connectivity index (χ0n) is 12.3. The fraction of sp³-hybridized carbons (Fsp3) is 0.188. The van der Waals surface area contributed by atoms with Crippen LogP contribution in [0.2, 0.25) is 0 Å². The van der Waals surface area contributed by atoms with Crippen molar-refractivity contribution >= 4 is 23.9 Å². The first-order chi connectivity index (χ1) is 10.8. The van der Waals surface area contributed by atoms with E-state index < -0.39 is 0 Å². The van der Waals surface area contributed by atoms with E-state index in [0.29, 0.717) is 0 Å². The van der Waals surface area contributed by atoms with Crippen LogP contribution in [0.4, 0.5) is 0 Å². The van der Waals surface area contributed by atoms with E-state index in [4.69, 9.17) is 0 Å². The van der Waals surface area contributed by atoms with Crippen molar-refractivity contribution in [2.45, 2.75) is 18.6 Å². The lowest BCUT2D eigenvalue weighted by Gasteiger charge is -1.98. The Balaban J connectivity index is 1.56. The second-order valence-electron chi connectivity index (χ2n) is 4.84. The Morgan fingerprint density at radius 2 is 2.18 bits per heavy atom. The van der Waals surface area contributed by atoms with Crippen LogP contribution in [0, 0.1) is 6.92 Å². The van der Waals surface area contributed by atoms with E-state index in [0.717, 1.165) is 23.3 Å². The Kier molecular flexibility index (Phi) is 4.70. The molecule has 0 aliphatic rings. The van der Waals surface area contributed by atoms with Gasteiger partial charge in [0.15, 0.2) is 0 Å². The molecule has 3 rings (SSSR count). The highest BCUT2D eigenvalue weighted by molar-refractivity contribution is 7.99. The van der Waals surface area contributed by atoms with Crippen molar-refractivity contribution in [1.82, 2.24) is 24.7 Å². The van der Waals surface area contributed by atoms with E-state index in [2.05, 4.69) is 45.3 Å². The third-order valence-electron chi connectivity index (χ3n) is 3.23. The maximum atomic E-state index is 4.46. The summed E-state index contributed by atoms with van der Waals surface area (Å²) in [6.45, 7) is 2.99. The number of aryl methyl sites for hydroxylation is 2. The van der Waals surface area contributed by atoms with Crippen LogP contribution < -0.4 is 0 Å². The Hall–Kier alpha value is -2.34. The minimum atomic E-state index is 0.768. The predicted octanol–water partition coefficient (Wildman–Crippen LogP) is 3.27. The van der Waals surface area contributed by atoms with Crippen LogP contribution in [-0.2, 0) is 6.54 Å². The number of aromatic nitrogens is 5. The molecule has 0 aliphatic carbocycles. The fourth-order valence-corrected chi connectivity index (χ4v) is 2.76. The molecule has 5 nitrogen and oxygen atoms in total. The monoisotopic (exact) mass is 311 g/mol. The Morgan fingerprint density at radius 1 is 1.27 bits per heavy atom. The molecule has 0 atom stereocenters. The van der Waals surface area contributed by atoms with Gasteiger partial charge in [-0.25, -0.2) is 9.97 Å². The molecule has 22 heavy (non-hydrogen) atoms. The number of nitrogens with zero attached hydrogens (tertiary/aromatic N) is 4. The lowest BCUT2D eigenvalue weighted by atomic mass is 10.1. The SMILES string of the molecule is Cc1ccccc1/C=C/c1nc(SCCn2ccnc2)n[nH]1. The summed E-state index contributed by atoms with van der Waals surface area (Å²) in [5.41, 5.74) is 2.43. The van der Waals surface area contributed by atoms with E-state index >= 15 is 0 Å². The van der Waals surface area contributed by atoms with Crippen LogP contribution in [0.5, 0.6) is 0 Å². The smallest absolute Gasteiger partial charge is 0.208 e. The molecule has 2 heterocycles. The van der Waals surface area contributed by atoms with E-state index in [1.165, 1.54) is 11.1 Å². The van der Waals surface area contributed by atoms with Crippen LogP contribution in [0.3, 0.4) is 0 Å². The first-order valence-electron chi connectivity index (χ1n) is 7.06. The van der Waals surface area contributed by atoms with Gasteiger partial charge in [-0.1, -0.05) is 42.1 Å². The first-order valence-corrected chi connectivity index (χ1v) is 8.04. The van der Waals surface area contributed by atoms with Gasteiger partial charge in [0.25, 0.3) is 0 Å². The number of hydrogen-bond donors (Lipinski definition) is 1. The topological polar surface area (TPSA) is 59.4 Å². The molecule has 0 amide bonds. The molecule has 0 fully saturated rings. The Bertz CT molecular complexity index is 746. The number of H-pyrrole nitrogens is 1. The highest BCUT2D eigenvalue weighted by Gasteiger charge is 2.02. The van der Waals surface area contributed by atoms with Crippen molar-refractivity contribution in [2.75, 3.05) is 5.75 Å². The van der Waals surface area contributed by atoms with E-state index in [-0.39, 0.29) is 0 Å². The van der Waals surface area contributed by atoms with E-state index in [1.54, 1.807) is 18.0 Å². The average Bonchev–Trinajstić information content (AvgIpc) is 3.18. The number of imidazole rings is 1. The summed E-state index contributed by atoms with van der Waals surface area (Å²) in [6.07, 6.45) is 9.56. The maximum Gasteiger partial charge on any atom is 0.208 e. The predicted molar refractivity (Wildman–Crippen MR) is 89.4 cm³/mol. The zero-order chi connectivity index (χ0) is 15.2. The van der Waals surface area contributed by atoms with Gasteiger partial charge in [0.05, 0.1) is 6.33 Å². The molecule has 2 aromatic heterocycles. The van der Waals surface area contributed by atoms with Gasteiger partial charge in [-0.05, 0) is 24.1 Å². The lowest BCUT2D eigenvalue weighted by molar-refractivity contribution is 0.769. The minimum Gasteiger partial charge on any atom is -0.337 e. The van der Waals surface area contributed by atoms with Crippen LogP contribution in [0.25, 0.3) is 12.2 Å². The summed E-state index contributed by atoms with van der Waals surface area (Å²) in [5.74, 6) is 1.68. The molecule has 0 spiro atoms. The number of nitrogens with one attached hydrogen (secondary N) is 1. The molecule has 0 saturated carbocycles. The Labute approximate surface area is 133 Å². The molecule has 112 valence electrons. The minimum absolute atomic E-state index is 0.768. The van der Waals surface area contributed by atoms with E-state index in [9.17, 15) is 0 Å². The van der Waals surface area contributed by atoms with Crippen LogP contribution in [0.15, 0.2) is 48.1 Å². The molecular formula is C16H17N5S. The summed E-state index contributed by atoms with van der Waals surface area (Å²) in [5, 5.41) is 7.94.